The molecule has 0 bridgehead atoms. The van der Waals surface area contributed by atoms with Crippen molar-refractivity contribution in [3.05, 3.63) is 58.1 Å². The van der Waals surface area contributed by atoms with Crippen LogP contribution in [0.2, 0.25) is 10.0 Å². The number of thioether (sulfide) groups is 1. The minimum Gasteiger partial charge on any atom is -0.354 e. The molecule has 2 aromatic carbocycles. The zero-order chi connectivity index (χ0) is 20.7. The Morgan fingerprint density at radius 3 is 2.29 bits per heavy atom. The summed E-state index contributed by atoms with van der Waals surface area (Å²) in [5.74, 6) is 0.463. The number of carbonyl (C=O) groups excluding carboxylic acids is 1. The molecule has 1 amide bonds. The fourth-order valence-electron chi connectivity index (χ4n) is 2.39. The summed E-state index contributed by atoms with van der Waals surface area (Å²) in [6, 6.07) is 12.7. The molecule has 28 heavy (non-hydrogen) atoms. The molecule has 0 radical (unpaired) electrons. The molecule has 0 heterocycles. The zero-order valence-corrected chi connectivity index (χ0v) is 18.8. The van der Waals surface area contributed by atoms with Crippen LogP contribution < -0.4 is 9.62 Å². The molecule has 0 saturated carbocycles. The van der Waals surface area contributed by atoms with E-state index in [1.165, 1.54) is 28.7 Å². The number of nitrogens with one attached hydrogen (secondary N) is 1. The number of hydrogen-bond donors (Lipinski definition) is 1. The van der Waals surface area contributed by atoms with Gasteiger partial charge >= 0.3 is 0 Å². The van der Waals surface area contributed by atoms with Gasteiger partial charge in [-0.05, 0) is 49.4 Å². The molecule has 2 rings (SSSR count). The largest absolute Gasteiger partial charge is 0.354 e. The standard InChI is InChI=1S/C19H22Cl2N2O3S2/c1-14-4-6-18(7-5-14)27-9-3-8-22-19(24)13-23(28(2,25)26)17-11-15(20)10-16(21)12-17/h4-7,10-12H,3,8-9,13H2,1-2H3,(H,22,24). The van der Waals surface area contributed by atoms with Crippen LogP contribution in [-0.4, -0.2) is 39.4 Å². The van der Waals surface area contributed by atoms with E-state index in [4.69, 9.17) is 23.2 Å². The maximum absolute atomic E-state index is 12.2. The second-order valence-corrected chi connectivity index (χ2v) is 10.2. The topological polar surface area (TPSA) is 66.5 Å². The Balaban J connectivity index is 1.85. The number of rotatable bonds is 9. The predicted molar refractivity (Wildman–Crippen MR) is 118 cm³/mol. The summed E-state index contributed by atoms with van der Waals surface area (Å²) >= 11 is 13.6. The van der Waals surface area contributed by atoms with Gasteiger partial charge in [-0.15, -0.1) is 11.8 Å². The zero-order valence-electron chi connectivity index (χ0n) is 15.6. The molecule has 0 fully saturated rings. The Hall–Kier alpha value is -1.41. The van der Waals surface area contributed by atoms with Crippen molar-refractivity contribution in [3.8, 4) is 0 Å². The van der Waals surface area contributed by atoms with Crippen molar-refractivity contribution in [1.29, 1.82) is 0 Å². The lowest BCUT2D eigenvalue weighted by Gasteiger charge is -2.22. The van der Waals surface area contributed by atoms with Gasteiger partial charge in [0.2, 0.25) is 15.9 Å². The van der Waals surface area contributed by atoms with Crippen molar-refractivity contribution < 1.29 is 13.2 Å². The lowest BCUT2D eigenvalue weighted by atomic mass is 10.2. The highest BCUT2D eigenvalue weighted by Gasteiger charge is 2.21. The van der Waals surface area contributed by atoms with Crippen LogP contribution in [0, 0.1) is 6.92 Å². The van der Waals surface area contributed by atoms with Crippen molar-refractivity contribution in [2.75, 3.05) is 29.4 Å². The van der Waals surface area contributed by atoms with Crippen molar-refractivity contribution in [1.82, 2.24) is 5.32 Å². The molecular weight excluding hydrogens is 439 g/mol. The van der Waals surface area contributed by atoms with Gasteiger partial charge in [0.1, 0.15) is 6.54 Å². The SMILES string of the molecule is Cc1ccc(SCCCNC(=O)CN(c2cc(Cl)cc(Cl)c2)S(C)(=O)=O)cc1. The van der Waals surface area contributed by atoms with Gasteiger partial charge in [0, 0.05) is 21.5 Å². The van der Waals surface area contributed by atoms with E-state index in [0.717, 1.165) is 22.7 Å². The number of carbonyl (C=O) groups is 1. The summed E-state index contributed by atoms with van der Waals surface area (Å²) in [5, 5.41) is 3.35. The highest BCUT2D eigenvalue weighted by atomic mass is 35.5. The van der Waals surface area contributed by atoms with E-state index in [0.29, 0.717) is 16.6 Å². The molecule has 2 aromatic rings. The number of amides is 1. The molecule has 0 aliphatic heterocycles. The van der Waals surface area contributed by atoms with Gasteiger partial charge in [0.25, 0.3) is 0 Å². The first-order valence-electron chi connectivity index (χ1n) is 8.55. The maximum atomic E-state index is 12.2. The molecule has 0 saturated heterocycles. The van der Waals surface area contributed by atoms with Crippen molar-refractivity contribution in [2.45, 2.75) is 18.2 Å². The van der Waals surface area contributed by atoms with Crippen molar-refractivity contribution >= 4 is 56.6 Å². The molecule has 152 valence electrons. The predicted octanol–water partition coefficient (Wildman–Crippen LogP) is 4.37. The van der Waals surface area contributed by atoms with Crippen LogP contribution in [0.1, 0.15) is 12.0 Å². The Bertz CT molecular complexity index is 899. The summed E-state index contributed by atoms with van der Waals surface area (Å²) in [5.41, 5.74) is 1.47. The first-order valence-corrected chi connectivity index (χ1v) is 12.1. The van der Waals surface area contributed by atoms with E-state index in [1.54, 1.807) is 11.8 Å². The molecule has 0 aliphatic carbocycles. The number of anilines is 1. The molecule has 5 nitrogen and oxygen atoms in total. The maximum Gasteiger partial charge on any atom is 0.240 e. The summed E-state index contributed by atoms with van der Waals surface area (Å²) in [6.07, 6.45) is 1.81. The second-order valence-electron chi connectivity index (χ2n) is 6.26. The number of nitrogens with zero attached hydrogens (tertiary/aromatic N) is 1. The first kappa shape index (κ1) is 22.9. The molecule has 0 atom stereocenters. The van der Waals surface area contributed by atoms with Crippen LogP contribution in [0.4, 0.5) is 5.69 Å². The Morgan fingerprint density at radius 1 is 1.11 bits per heavy atom. The van der Waals surface area contributed by atoms with E-state index in [2.05, 4.69) is 29.6 Å². The lowest BCUT2D eigenvalue weighted by molar-refractivity contribution is -0.119. The van der Waals surface area contributed by atoms with Crippen LogP contribution in [0.3, 0.4) is 0 Å². The van der Waals surface area contributed by atoms with Crippen molar-refractivity contribution in [2.24, 2.45) is 0 Å². The molecule has 0 spiro atoms. The Labute approximate surface area is 180 Å². The van der Waals surface area contributed by atoms with Crippen LogP contribution in [0.5, 0.6) is 0 Å². The van der Waals surface area contributed by atoms with Gasteiger partial charge in [-0.25, -0.2) is 8.42 Å². The third-order valence-corrected chi connectivity index (χ3v) is 6.43. The van der Waals surface area contributed by atoms with Gasteiger partial charge in [0.15, 0.2) is 0 Å². The third-order valence-electron chi connectivity index (χ3n) is 3.76. The fourth-order valence-corrected chi connectivity index (χ4v) is 4.60. The van der Waals surface area contributed by atoms with E-state index in [-0.39, 0.29) is 18.1 Å². The highest BCUT2D eigenvalue weighted by molar-refractivity contribution is 7.99. The summed E-state index contributed by atoms with van der Waals surface area (Å²) in [6.45, 7) is 2.17. The number of hydrogen-bond acceptors (Lipinski definition) is 4. The Morgan fingerprint density at radius 2 is 1.71 bits per heavy atom. The minimum absolute atomic E-state index is 0.255. The summed E-state index contributed by atoms with van der Waals surface area (Å²) in [4.78, 5) is 13.4. The molecule has 1 N–H and O–H groups in total. The fraction of sp³-hybridized carbons (Fsp3) is 0.316. The van der Waals surface area contributed by atoms with Gasteiger partial charge in [-0.3, -0.25) is 9.10 Å². The van der Waals surface area contributed by atoms with Gasteiger partial charge in [-0.1, -0.05) is 40.9 Å². The molecular formula is C19H22Cl2N2O3S2. The number of aryl methyl sites for hydroxylation is 1. The third kappa shape index (κ3) is 7.54. The summed E-state index contributed by atoms with van der Waals surface area (Å²) in [7, 11) is -3.67. The van der Waals surface area contributed by atoms with Crippen molar-refractivity contribution in [3.63, 3.8) is 0 Å². The van der Waals surface area contributed by atoms with E-state index in [9.17, 15) is 13.2 Å². The normalized spacial score (nSPS) is 11.3. The van der Waals surface area contributed by atoms with Crippen LogP contribution >= 0.6 is 35.0 Å². The molecule has 0 aliphatic rings. The quantitative estimate of drug-likeness (QED) is 0.445. The van der Waals surface area contributed by atoms with E-state index < -0.39 is 10.0 Å². The average Bonchev–Trinajstić information content (AvgIpc) is 2.59. The monoisotopic (exact) mass is 460 g/mol. The number of sulfonamides is 1. The van der Waals surface area contributed by atoms with Crippen LogP contribution in [0.25, 0.3) is 0 Å². The smallest absolute Gasteiger partial charge is 0.240 e. The van der Waals surface area contributed by atoms with Crippen LogP contribution in [0.15, 0.2) is 47.4 Å². The van der Waals surface area contributed by atoms with Gasteiger partial charge in [0.05, 0.1) is 11.9 Å². The van der Waals surface area contributed by atoms with Gasteiger partial charge in [-0.2, -0.15) is 0 Å². The Kier molecular flexibility index (Phi) is 8.49. The molecule has 9 heteroatoms. The number of halogens is 2. The summed E-state index contributed by atoms with van der Waals surface area (Å²) < 4.78 is 25.2. The highest BCUT2D eigenvalue weighted by Crippen LogP contribution is 2.26. The second kappa shape index (κ2) is 10.4. The molecule has 0 unspecified atom stereocenters. The molecule has 0 aromatic heterocycles. The van der Waals surface area contributed by atoms with Gasteiger partial charge < -0.3 is 5.32 Å². The average molecular weight is 461 g/mol. The van der Waals surface area contributed by atoms with Crippen LogP contribution in [-0.2, 0) is 14.8 Å². The lowest BCUT2D eigenvalue weighted by Crippen LogP contribution is -2.40. The van der Waals surface area contributed by atoms with E-state index in [1.807, 2.05) is 6.92 Å². The first-order chi connectivity index (χ1) is 13.1. The minimum atomic E-state index is -3.67. The van der Waals surface area contributed by atoms with E-state index >= 15 is 0 Å². The number of benzene rings is 2.